The number of para-hydroxylation sites is 2. The number of aromatic nitrogens is 8. The lowest BCUT2D eigenvalue weighted by Crippen LogP contribution is -2.44. The minimum absolute atomic E-state index is 0.00407. The van der Waals surface area contributed by atoms with Crippen LogP contribution in [0.2, 0.25) is 0 Å². The molecule has 410 valence electrons. The van der Waals surface area contributed by atoms with Gasteiger partial charge in [0.25, 0.3) is 17.6 Å². The number of allylic oxidation sites excluding steroid dienone is 3. The molecule has 0 aliphatic heterocycles. The number of esters is 2. The van der Waals surface area contributed by atoms with Crippen LogP contribution in [0.1, 0.15) is 97.8 Å². The highest BCUT2D eigenvalue weighted by atomic mass is 16.7. The van der Waals surface area contributed by atoms with Crippen molar-refractivity contribution in [3.63, 3.8) is 0 Å². The van der Waals surface area contributed by atoms with Gasteiger partial charge in [0.05, 0.1) is 65.5 Å². The van der Waals surface area contributed by atoms with Gasteiger partial charge in [-0.15, -0.1) is 0 Å². The standard InChI is InChI=1S/C60H62N12O8/c1-58(2,3)56(75)79-60(27-26-41(30-60)72-53-47(51(62)66-34-68-53)49(70-72)39-23-18-36(19-24-39)32-64-55(74)43-13-9-11-15-45(43)78-7)80-57(76)59(4,5)29-37-20-25-40(28-37)71-52-46(50(61)65-33-67-52)48(69-71)38-21-16-35(17-22-38)31-63-54(73)42-12-8-10-14-44(42)77-6/h8-27,33-34,37,40-41H,28-32H2,1-7H3,(H,63,73)(H,64,74)(H2,61,65,67)(H2,62,66,68)/t37-,40+,41+,60-/m1/s1. The van der Waals surface area contributed by atoms with Crippen molar-refractivity contribution in [2.75, 3.05) is 25.7 Å². The number of carbonyl (C=O) groups excluding carboxylic acids is 4. The molecular formula is C60H62N12O8. The van der Waals surface area contributed by atoms with Gasteiger partial charge in [0.1, 0.15) is 47.2 Å². The van der Waals surface area contributed by atoms with E-state index in [-0.39, 0.29) is 48.4 Å². The number of hydrogen-bond acceptors (Lipinski definition) is 16. The van der Waals surface area contributed by atoms with Crippen LogP contribution in [0.25, 0.3) is 44.6 Å². The van der Waals surface area contributed by atoms with E-state index >= 15 is 0 Å². The summed E-state index contributed by atoms with van der Waals surface area (Å²) in [5.74, 6) is -2.06. The number of rotatable bonds is 17. The van der Waals surface area contributed by atoms with E-state index in [2.05, 4.69) is 42.7 Å². The van der Waals surface area contributed by atoms with Gasteiger partial charge in [-0.25, -0.2) is 29.3 Å². The van der Waals surface area contributed by atoms with Gasteiger partial charge in [0.2, 0.25) is 0 Å². The number of nitrogens with two attached hydrogens (primary N) is 2. The summed E-state index contributed by atoms with van der Waals surface area (Å²) in [5.41, 5.74) is 17.2. The fourth-order valence-corrected chi connectivity index (χ4v) is 10.1. The molecule has 10 rings (SSSR count). The number of carbonyl (C=O) groups is 4. The lowest BCUT2D eigenvalue weighted by Gasteiger charge is -2.35. The van der Waals surface area contributed by atoms with Crippen molar-refractivity contribution >= 4 is 57.5 Å². The van der Waals surface area contributed by atoms with Crippen LogP contribution in [0.3, 0.4) is 0 Å². The predicted molar refractivity (Wildman–Crippen MR) is 301 cm³/mol. The molecule has 0 bridgehead atoms. The van der Waals surface area contributed by atoms with Gasteiger partial charge in [-0.1, -0.05) is 91.0 Å². The zero-order valence-corrected chi connectivity index (χ0v) is 45.5. The minimum Gasteiger partial charge on any atom is -0.496 e. The first kappa shape index (κ1) is 53.9. The molecule has 8 aromatic rings. The maximum atomic E-state index is 14.6. The molecule has 20 nitrogen and oxygen atoms in total. The molecule has 80 heavy (non-hydrogen) atoms. The van der Waals surface area contributed by atoms with E-state index < -0.39 is 34.6 Å². The summed E-state index contributed by atoms with van der Waals surface area (Å²) in [4.78, 5) is 72.2. The molecule has 4 aromatic carbocycles. The predicted octanol–water partition coefficient (Wildman–Crippen LogP) is 8.91. The first-order valence-corrected chi connectivity index (χ1v) is 26.2. The Hall–Kier alpha value is -9.46. The zero-order valence-electron chi connectivity index (χ0n) is 45.5. The molecular weight excluding hydrogens is 1020 g/mol. The average molecular weight is 1080 g/mol. The van der Waals surface area contributed by atoms with Crippen molar-refractivity contribution in [1.29, 1.82) is 0 Å². The number of methoxy groups -OCH3 is 2. The second-order valence-electron chi connectivity index (χ2n) is 21.7. The van der Waals surface area contributed by atoms with Gasteiger partial charge in [0, 0.05) is 24.2 Å². The van der Waals surface area contributed by atoms with E-state index in [0.717, 1.165) is 16.7 Å². The maximum Gasteiger partial charge on any atom is 0.315 e. The van der Waals surface area contributed by atoms with Gasteiger partial charge in [-0.2, -0.15) is 10.2 Å². The summed E-state index contributed by atoms with van der Waals surface area (Å²) < 4.78 is 26.9. The van der Waals surface area contributed by atoms with Crippen LogP contribution < -0.4 is 31.6 Å². The Morgan fingerprint density at radius 1 is 0.613 bits per heavy atom. The highest BCUT2D eigenvalue weighted by Gasteiger charge is 2.48. The van der Waals surface area contributed by atoms with Crippen molar-refractivity contribution < 1.29 is 38.1 Å². The summed E-state index contributed by atoms with van der Waals surface area (Å²) in [7, 11) is 3.05. The smallest absolute Gasteiger partial charge is 0.315 e. The van der Waals surface area contributed by atoms with Crippen molar-refractivity contribution in [1.82, 2.24) is 50.1 Å². The summed E-state index contributed by atoms with van der Waals surface area (Å²) in [5, 5.41) is 17.1. The number of amides is 2. The molecule has 4 atom stereocenters. The number of ether oxygens (including phenoxy) is 4. The number of nitrogens with zero attached hydrogens (tertiary/aromatic N) is 8. The van der Waals surface area contributed by atoms with E-state index in [9.17, 15) is 19.2 Å². The van der Waals surface area contributed by atoms with Gasteiger partial charge in [-0.05, 0) is 94.8 Å². The number of anilines is 2. The fraction of sp³-hybridized carbons (Fsp3) is 0.300. The Bertz CT molecular complexity index is 3730. The van der Waals surface area contributed by atoms with E-state index in [1.54, 1.807) is 80.1 Å². The van der Waals surface area contributed by atoms with Crippen LogP contribution >= 0.6 is 0 Å². The second kappa shape index (κ2) is 21.8. The molecule has 6 N–H and O–H groups in total. The molecule has 0 spiro atoms. The summed E-state index contributed by atoms with van der Waals surface area (Å²) >= 11 is 0. The normalized spacial score (nSPS) is 17.9. The molecule has 2 aliphatic carbocycles. The molecule has 4 heterocycles. The number of nitrogen functional groups attached to an aromatic ring is 2. The Balaban J connectivity index is 0.830. The number of benzene rings is 4. The summed E-state index contributed by atoms with van der Waals surface area (Å²) in [6.07, 6.45) is 11.3. The van der Waals surface area contributed by atoms with Crippen molar-refractivity contribution in [3.05, 3.63) is 156 Å². The maximum absolute atomic E-state index is 14.6. The molecule has 4 aromatic heterocycles. The third-order valence-electron chi connectivity index (χ3n) is 14.4. The van der Waals surface area contributed by atoms with E-state index in [1.807, 2.05) is 73.1 Å². The summed E-state index contributed by atoms with van der Waals surface area (Å²) in [6, 6.07) is 28.5. The topological polar surface area (TPSA) is 268 Å². The third-order valence-corrected chi connectivity index (χ3v) is 14.4. The Morgan fingerprint density at radius 2 is 1.09 bits per heavy atom. The third kappa shape index (κ3) is 10.9. The van der Waals surface area contributed by atoms with Crippen LogP contribution in [0.15, 0.2) is 134 Å². The quantitative estimate of drug-likeness (QED) is 0.0376. The number of hydrogen-bond donors (Lipinski definition) is 4. The van der Waals surface area contributed by atoms with Crippen LogP contribution in [0.5, 0.6) is 11.5 Å². The van der Waals surface area contributed by atoms with Crippen molar-refractivity contribution in [3.8, 4) is 34.0 Å². The van der Waals surface area contributed by atoms with Crippen molar-refractivity contribution in [2.45, 2.75) is 84.8 Å². The van der Waals surface area contributed by atoms with Crippen LogP contribution in [0, 0.1) is 16.7 Å². The van der Waals surface area contributed by atoms with Crippen LogP contribution in [0.4, 0.5) is 11.6 Å². The lowest BCUT2D eigenvalue weighted by atomic mass is 9.82. The van der Waals surface area contributed by atoms with Gasteiger partial charge >= 0.3 is 11.9 Å². The lowest BCUT2D eigenvalue weighted by molar-refractivity contribution is -0.224. The molecule has 0 unspecified atom stereocenters. The minimum atomic E-state index is -1.79. The Kier molecular flexibility index (Phi) is 14.7. The second-order valence-corrected chi connectivity index (χ2v) is 21.7. The van der Waals surface area contributed by atoms with Gasteiger partial charge in [-0.3, -0.25) is 19.2 Å². The van der Waals surface area contributed by atoms with Crippen LogP contribution in [-0.4, -0.2) is 83.3 Å². The van der Waals surface area contributed by atoms with Crippen molar-refractivity contribution in [2.24, 2.45) is 16.7 Å². The molecule has 0 saturated carbocycles. The Morgan fingerprint density at radius 3 is 1.57 bits per heavy atom. The monoisotopic (exact) mass is 1080 g/mol. The first-order chi connectivity index (χ1) is 38.3. The molecule has 0 radical (unpaired) electrons. The van der Waals surface area contributed by atoms with Crippen LogP contribution in [-0.2, 0) is 32.2 Å². The zero-order chi connectivity index (χ0) is 56.5. The number of fused-ring (bicyclic) bond motifs is 2. The van der Waals surface area contributed by atoms with E-state index in [0.29, 0.717) is 81.0 Å². The molecule has 0 saturated heterocycles. The Labute approximate surface area is 461 Å². The largest absolute Gasteiger partial charge is 0.496 e. The SMILES string of the molecule is COc1ccccc1C(=O)NCc1ccc(-c2nn([C@H]3C=C[C@@H](CC(C)(C)C(=O)O[C@]4(OC(=O)C(C)(C)C)C=C[C@H](n5nc(-c6ccc(CNC(=O)c7ccccc7OC)cc6)c6c(N)ncnc65)C4)C3)c3ncnc(N)c23)cc1. The highest BCUT2D eigenvalue weighted by molar-refractivity contribution is 6.00. The summed E-state index contributed by atoms with van der Waals surface area (Å²) in [6.45, 7) is 9.40. The fourth-order valence-electron chi connectivity index (χ4n) is 10.1. The van der Waals surface area contributed by atoms with Gasteiger partial charge < -0.3 is 41.0 Å². The average Bonchev–Trinajstić information content (AvgIpc) is 4.29. The molecule has 0 fully saturated rings. The first-order valence-electron chi connectivity index (χ1n) is 26.2. The number of nitrogens with one attached hydrogen (secondary N) is 2. The van der Waals surface area contributed by atoms with Gasteiger partial charge in [0.15, 0.2) is 11.3 Å². The van der Waals surface area contributed by atoms with E-state index in [4.69, 9.17) is 40.6 Å². The van der Waals surface area contributed by atoms with E-state index in [1.165, 1.54) is 26.9 Å². The molecule has 2 aliphatic rings. The highest BCUT2D eigenvalue weighted by Crippen LogP contribution is 2.44. The molecule has 20 heteroatoms. The molecule has 2 amide bonds.